The van der Waals surface area contributed by atoms with Crippen LogP contribution in [0, 0.1) is 10.1 Å². The third-order valence-electron chi connectivity index (χ3n) is 2.96. The van der Waals surface area contributed by atoms with Crippen molar-refractivity contribution in [3.63, 3.8) is 0 Å². The molecule has 0 aliphatic carbocycles. The monoisotopic (exact) mass is 315 g/mol. The summed E-state index contributed by atoms with van der Waals surface area (Å²) in [6.07, 6.45) is 0. The van der Waals surface area contributed by atoms with Gasteiger partial charge in [-0.2, -0.15) is 5.10 Å². The van der Waals surface area contributed by atoms with Crippen molar-refractivity contribution in [2.45, 2.75) is 6.92 Å². The average molecular weight is 315 g/mol. The van der Waals surface area contributed by atoms with E-state index in [4.69, 9.17) is 0 Å². The van der Waals surface area contributed by atoms with Crippen LogP contribution in [0.2, 0.25) is 0 Å². The van der Waals surface area contributed by atoms with Crippen LogP contribution in [0.25, 0.3) is 0 Å². The molecule has 0 atom stereocenters. The molecule has 0 aliphatic rings. The molecular formula is C15H13N3O5. The highest BCUT2D eigenvalue weighted by molar-refractivity contribution is 6.01. The lowest BCUT2D eigenvalue weighted by molar-refractivity contribution is -0.384. The first-order valence-corrected chi connectivity index (χ1v) is 6.49. The van der Waals surface area contributed by atoms with Crippen molar-refractivity contribution in [2.75, 3.05) is 0 Å². The van der Waals surface area contributed by atoms with Crippen molar-refractivity contribution in [1.82, 2.24) is 5.43 Å². The van der Waals surface area contributed by atoms with Crippen LogP contribution in [0.3, 0.4) is 0 Å². The van der Waals surface area contributed by atoms with E-state index in [1.165, 1.54) is 36.4 Å². The fourth-order valence-electron chi connectivity index (χ4n) is 1.83. The van der Waals surface area contributed by atoms with Crippen LogP contribution in [-0.2, 0) is 0 Å². The molecule has 0 heterocycles. The summed E-state index contributed by atoms with van der Waals surface area (Å²) in [4.78, 5) is 22.0. The quantitative estimate of drug-likeness (QED) is 0.453. The van der Waals surface area contributed by atoms with Gasteiger partial charge in [-0.05, 0) is 25.1 Å². The summed E-state index contributed by atoms with van der Waals surface area (Å²) in [5, 5.41) is 33.4. The molecule has 2 aromatic carbocycles. The molecule has 0 bridgehead atoms. The van der Waals surface area contributed by atoms with Crippen LogP contribution in [0.15, 0.2) is 47.6 Å². The molecule has 3 N–H and O–H groups in total. The second-order valence-corrected chi connectivity index (χ2v) is 4.68. The zero-order valence-corrected chi connectivity index (χ0v) is 12.1. The van der Waals surface area contributed by atoms with Gasteiger partial charge in [-0.3, -0.25) is 14.9 Å². The number of nitrogens with zero attached hydrogens (tertiary/aromatic N) is 2. The summed E-state index contributed by atoms with van der Waals surface area (Å²) in [5.74, 6) is -0.892. The minimum atomic E-state index is -0.613. The van der Waals surface area contributed by atoms with Crippen LogP contribution in [-0.4, -0.2) is 26.8 Å². The van der Waals surface area contributed by atoms with E-state index in [-0.39, 0.29) is 22.7 Å². The van der Waals surface area contributed by atoms with Crippen molar-refractivity contribution < 1.29 is 19.9 Å². The van der Waals surface area contributed by atoms with Gasteiger partial charge in [-0.25, -0.2) is 5.43 Å². The number of non-ortho nitro benzene ring substituents is 1. The normalized spacial score (nSPS) is 11.1. The largest absolute Gasteiger partial charge is 0.508 e. The van der Waals surface area contributed by atoms with E-state index in [1.807, 2.05) is 0 Å². The van der Waals surface area contributed by atoms with Crippen molar-refractivity contribution in [1.29, 1.82) is 0 Å². The molecule has 1 amide bonds. The van der Waals surface area contributed by atoms with Gasteiger partial charge in [-0.15, -0.1) is 0 Å². The third-order valence-corrected chi connectivity index (χ3v) is 2.96. The second-order valence-electron chi connectivity index (χ2n) is 4.68. The molecule has 0 saturated heterocycles. The van der Waals surface area contributed by atoms with Crippen molar-refractivity contribution in [3.05, 3.63) is 63.7 Å². The van der Waals surface area contributed by atoms with E-state index in [1.54, 1.807) is 6.92 Å². The van der Waals surface area contributed by atoms with E-state index in [0.717, 1.165) is 6.07 Å². The summed E-state index contributed by atoms with van der Waals surface area (Å²) in [7, 11) is 0. The van der Waals surface area contributed by atoms with Crippen LogP contribution in [0.1, 0.15) is 22.8 Å². The Morgan fingerprint density at radius 2 is 1.78 bits per heavy atom. The fraction of sp³-hybridized carbons (Fsp3) is 0.0667. The second kappa shape index (κ2) is 6.56. The molecule has 0 saturated carbocycles. The highest BCUT2D eigenvalue weighted by atomic mass is 16.6. The first kappa shape index (κ1) is 16.0. The minimum absolute atomic E-state index is 0.0921. The van der Waals surface area contributed by atoms with E-state index in [2.05, 4.69) is 10.5 Å². The van der Waals surface area contributed by atoms with Gasteiger partial charge in [0.15, 0.2) is 0 Å². The molecule has 0 radical (unpaired) electrons. The Morgan fingerprint density at radius 1 is 1.13 bits per heavy atom. The van der Waals surface area contributed by atoms with Gasteiger partial charge in [0, 0.05) is 29.3 Å². The molecule has 0 aromatic heterocycles. The zero-order valence-electron chi connectivity index (χ0n) is 12.1. The van der Waals surface area contributed by atoms with Gasteiger partial charge in [0.25, 0.3) is 11.6 Å². The number of nitro groups is 1. The Kier molecular flexibility index (Phi) is 4.55. The highest BCUT2D eigenvalue weighted by Gasteiger charge is 2.11. The van der Waals surface area contributed by atoms with Gasteiger partial charge >= 0.3 is 0 Å². The van der Waals surface area contributed by atoms with E-state index < -0.39 is 10.8 Å². The molecule has 118 valence electrons. The summed E-state index contributed by atoms with van der Waals surface area (Å²) in [6.45, 7) is 1.57. The number of phenols is 2. The Bertz CT molecular complexity index is 781. The Balaban J connectivity index is 2.17. The minimum Gasteiger partial charge on any atom is -0.508 e. The molecule has 0 spiro atoms. The number of carbonyl (C=O) groups is 1. The smallest absolute Gasteiger partial charge is 0.271 e. The molecule has 0 aliphatic heterocycles. The molecule has 23 heavy (non-hydrogen) atoms. The Labute approximate surface area is 130 Å². The predicted octanol–water partition coefficient (Wildman–Crippen LogP) is 2.16. The Morgan fingerprint density at radius 3 is 2.39 bits per heavy atom. The number of nitrogens with one attached hydrogen (secondary N) is 1. The number of aromatic hydroxyl groups is 2. The van der Waals surface area contributed by atoms with Crippen LogP contribution >= 0.6 is 0 Å². The number of benzene rings is 2. The SMILES string of the molecule is C/C(=N\NC(=O)c1cccc([N+](=O)[O-])c1)c1cc(O)cc(O)c1. The maximum atomic E-state index is 11.9. The Hall–Kier alpha value is -3.42. The summed E-state index contributed by atoms with van der Waals surface area (Å²) < 4.78 is 0. The average Bonchev–Trinajstić information content (AvgIpc) is 2.51. The van der Waals surface area contributed by atoms with Gasteiger partial charge < -0.3 is 10.2 Å². The molecule has 8 nitrogen and oxygen atoms in total. The lowest BCUT2D eigenvalue weighted by Crippen LogP contribution is -2.19. The van der Waals surface area contributed by atoms with Crippen molar-refractivity contribution in [2.24, 2.45) is 5.10 Å². The number of hydrogen-bond donors (Lipinski definition) is 3. The van der Waals surface area contributed by atoms with Gasteiger partial charge in [-0.1, -0.05) is 6.07 Å². The van der Waals surface area contributed by atoms with Crippen molar-refractivity contribution in [3.8, 4) is 11.5 Å². The van der Waals surface area contributed by atoms with E-state index in [0.29, 0.717) is 11.3 Å². The van der Waals surface area contributed by atoms with Crippen LogP contribution < -0.4 is 5.43 Å². The number of hydrazone groups is 1. The molecule has 0 fully saturated rings. The molecule has 8 heteroatoms. The maximum Gasteiger partial charge on any atom is 0.271 e. The molecule has 0 unspecified atom stereocenters. The lowest BCUT2D eigenvalue weighted by atomic mass is 10.1. The third kappa shape index (κ3) is 4.03. The summed E-state index contributed by atoms with van der Waals surface area (Å²) in [5.41, 5.74) is 2.92. The summed E-state index contributed by atoms with van der Waals surface area (Å²) in [6, 6.07) is 9.15. The predicted molar refractivity (Wildman–Crippen MR) is 82.5 cm³/mol. The van der Waals surface area contributed by atoms with Gasteiger partial charge in [0.1, 0.15) is 11.5 Å². The fourth-order valence-corrected chi connectivity index (χ4v) is 1.83. The number of hydrogen-bond acceptors (Lipinski definition) is 6. The maximum absolute atomic E-state index is 11.9. The first-order valence-electron chi connectivity index (χ1n) is 6.49. The van der Waals surface area contributed by atoms with Crippen LogP contribution in [0.5, 0.6) is 11.5 Å². The lowest BCUT2D eigenvalue weighted by Gasteiger charge is -2.04. The van der Waals surface area contributed by atoms with Crippen molar-refractivity contribution >= 4 is 17.3 Å². The first-order chi connectivity index (χ1) is 10.9. The molecule has 2 aromatic rings. The van der Waals surface area contributed by atoms with E-state index >= 15 is 0 Å². The number of amides is 1. The number of nitro benzene ring substituents is 1. The van der Waals surface area contributed by atoms with Gasteiger partial charge in [0.05, 0.1) is 10.6 Å². The van der Waals surface area contributed by atoms with E-state index in [9.17, 15) is 25.1 Å². The highest BCUT2D eigenvalue weighted by Crippen LogP contribution is 2.20. The van der Waals surface area contributed by atoms with Crippen LogP contribution in [0.4, 0.5) is 5.69 Å². The van der Waals surface area contributed by atoms with Gasteiger partial charge in [0.2, 0.25) is 0 Å². The molecular weight excluding hydrogens is 302 g/mol. The zero-order chi connectivity index (χ0) is 17.0. The summed E-state index contributed by atoms with van der Waals surface area (Å²) >= 11 is 0. The topological polar surface area (TPSA) is 125 Å². The number of rotatable bonds is 4. The number of phenolic OH excluding ortho intramolecular Hbond substituents is 2. The standard InChI is InChI=1S/C15H13N3O5/c1-9(11-6-13(19)8-14(20)7-11)16-17-15(21)10-3-2-4-12(5-10)18(22)23/h2-8,19-20H,1H3,(H,17,21)/b16-9+. The number of carbonyl (C=O) groups excluding carboxylic acids is 1. The molecule has 2 rings (SSSR count).